The number of carbonyl (C=O) groups excluding carboxylic acids is 1. The Kier molecular flexibility index (Phi) is 5.23. The summed E-state index contributed by atoms with van der Waals surface area (Å²) in [5.74, 6) is 0. The van der Waals surface area contributed by atoms with Crippen LogP contribution in [0.4, 0.5) is 4.79 Å². The number of aliphatic hydroxyl groups is 1. The number of amides is 1. The van der Waals surface area contributed by atoms with Crippen LogP contribution in [0.2, 0.25) is 19.6 Å². The van der Waals surface area contributed by atoms with Gasteiger partial charge in [0.15, 0.2) is 0 Å². The maximum atomic E-state index is 12.8. The minimum Gasteiger partial charge on any atom is -0.444 e. The molecule has 2 atom stereocenters. The van der Waals surface area contributed by atoms with Gasteiger partial charge in [0.05, 0.1) is 13.7 Å². The van der Waals surface area contributed by atoms with Gasteiger partial charge in [0.1, 0.15) is 5.60 Å². The number of nitrogens with zero attached hydrogens (tertiary/aromatic N) is 1. The average molecular weight is 390 g/mol. The van der Waals surface area contributed by atoms with E-state index in [4.69, 9.17) is 4.74 Å². The molecule has 0 aromatic heterocycles. The number of rotatable bonds is 2. The predicted octanol–water partition coefficient (Wildman–Crippen LogP) is 4.37. The predicted molar refractivity (Wildman–Crippen MR) is 112 cm³/mol. The molecule has 0 radical (unpaired) electrons. The van der Waals surface area contributed by atoms with Crippen molar-refractivity contribution in [2.75, 3.05) is 0 Å². The normalized spacial score (nSPS) is 28.8. The molecular weight excluding hydrogens is 354 g/mol. The van der Waals surface area contributed by atoms with E-state index in [0.717, 1.165) is 24.8 Å². The molecule has 5 heteroatoms. The van der Waals surface area contributed by atoms with E-state index in [0.29, 0.717) is 12.8 Å². The number of carbonyl (C=O) groups is 1. The fourth-order valence-corrected chi connectivity index (χ4v) is 5.72. The zero-order chi connectivity index (χ0) is 20.0. The summed E-state index contributed by atoms with van der Waals surface area (Å²) in [4.78, 5) is 14.7. The van der Waals surface area contributed by atoms with Crippen LogP contribution in [-0.4, -0.2) is 41.9 Å². The molecule has 0 aliphatic carbocycles. The summed E-state index contributed by atoms with van der Waals surface area (Å²) in [6.07, 6.45) is 3.94. The molecule has 2 saturated heterocycles. The third kappa shape index (κ3) is 4.40. The van der Waals surface area contributed by atoms with Crippen molar-refractivity contribution in [2.45, 2.75) is 95.8 Å². The quantitative estimate of drug-likeness (QED) is 0.764. The van der Waals surface area contributed by atoms with Gasteiger partial charge in [-0.1, -0.05) is 49.1 Å². The molecule has 2 aliphatic rings. The van der Waals surface area contributed by atoms with Crippen molar-refractivity contribution in [3.8, 4) is 0 Å². The summed E-state index contributed by atoms with van der Waals surface area (Å²) in [6.45, 7) is 12.7. The van der Waals surface area contributed by atoms with E-state index in [1.807, 2.05) is 25.7 Å². The lowest BCUT2D eigenvalue weighted by Gasteiger charge is -2.52. The highest BCUT2D eigenvalue weighted by Crippen LogP contribution is 2.44. The molecule has 2 heterocycles. The van der Waals surface area contributed by atoms with Crippen molar-refractivity contribution in [3.05, 3.63) is 29.8 Å². The monoisotopic (exact) mass is 389 g/mol. The molecule has 2 aliphatic heterocycles. The van der Waals surface area contributed by atoms with Gasteiger partial charge in [-0.05, 0) is 45.6 Å². The fraction of sp³-hybridized carbons (Fsp3) is 0.682. The molecule has 2 fully saturated rings. The van der Waals surface area contributed by atoms with Crippen LogP contribution in [0.15, 0.2) is 24.3 Å². The summed E-state index contributed by atoms with van der Waals surface area (Å²) >= 11 is 0. The van der Waals surface area contributed by atoms with Crippen molar-refractivity contribution in [2.24, 2.45) is 0 Å². The Labute approximate surface area is 164 Å². The van der Waals surface area contributed by atoms with E-state index in [-0.39, 0.29) is 18.2 Å². The van der Waals surface area contributed by atoms with E-state index in [9.17, 15) is 9.90 Å². The van der Waals surface area contributed by atoms with Gasteiger partial charge in [-0.15, -0.1) is 0 Å². The van der Waals surface area contributed by atoms with Gasteiger partial charge in [-0.2, -0.15) is 0 Å². The third-order valence-corrected chi connectivity index (χ3v) is 7.97. The van der Waals surface area contributed by atoms with Crippen molar-refractivity contribution in [3.63, 3.8) is 0 Å². The molecule has 0 saturated carbocycles. The number of benzene rings is 1. The lowest BCUT2D eigenvalue weighted by Crippen LogP contribution is -2.59. The number of hydrogen-bond acceptors (Lipinski definition) is 3. The van der Waals surface area contributed by atoms with Crippen LogP contribution in [0.1, 0.15) is 58.4 Å². The van der Waals surface area contributed by atoms with E-state index >= 15 is 0 Å². The number of hydrogen-bond donors (Lipinski definition) is 1. The number of ether oxygens (including phenoxy) is 1. The first kappa shape index (κ1) is 20.4. The average Bonchev–Trinajstić information content (AvgIpc) is 2.51. The van der Waals surface area contributed by atoms with E-state index in [2.05, 4.69) is 43.9 Å². The smallest absolute Gasteiger partial charge is 0.410 e. The molecule has 1 aromatic carbocycles. The van der Waals surface area contributed by atoms with E-state index < -0.39 is 19.3 Å². The highest BCUT2D eigenvalue weighted by molar-refractivity contribution is 6.88. The van der Waals surface area contributed by atoms with Crippen molar-refractivity contribution < 1.29 is 14.6 Å². The minimum absolute atomic E-state index is 0.0500. The molecular formula is C22H35NO3Si. The second-order valence-electron chi connectivity index (χ2n) is 10.4. The molecule has 1 N–H and O–H groups in total. The van der Waals surface area contributed by atoms with Crippen LogP contribution in [0.3, 0.4) is 0 Å². The lowest BCUT2D eigenvalue weighted by atomic mass is 9.73. The lowest BCUT2D eigenvalue weighted by molar-refractivity contribution is -0.0965. The molecule has 0 spiro atoms. The topological polar surface area (TPSA) is 49.8 Å². The summed E-state index contributed by atoms with van der Waals surface area (Å²) in [7, 11) is -1.35. The van der Waals surface area contributed by atoms with Crippen LogP contribution in [-0.2, 0) is 10.3 Å². The van der Waals surface area contributed by atoms with Gasteiger partial charge in [0.2, 0.25) is 0 Å². The zero-order valence-corrected chi connectivity index (χ0v) is 18.7. The van der Waals surface area contributed by atoms with Crippen molar-refractivity contribution in [1.29, 1.82) is 0 Å². The van der Waals surface area contributed by atoms with Gasteiger partial charge in [0.25, 0.3) is 0 Å². The molecule has 3 rings (SSSR count). The summed E-state index contributed by atoms with van der Waals surface area (Å²) in [5, 5.41) is 12.9. The second-order valence-corrected chi connectivity index (χ2v) is 15.5. The summed E-state index contributed by atoms with van der Waals surface area (Å²) < 4.78 is 5.65. The summed E-state index contributed by atoms with van der Waals surface area (Å²) in [5.41, 5.74) is -0.358. The highest BCUT2D eigenvalue weighted by Gasteiger charge is 2.49. The van der Waals surface area contributed by atoms with Crippen LogP contribution < -0.4 is 5.19 Å². The Bertz CT molecular complexity index is 673. The minimum atomic E-state index is -1.35. The first-order chi connectivity index (χ1) is 12.4. The Balaban J connectivity index is 1.82. The molecule has 1 amide bonds. The standard InChI is InChI=1S/C22H35NO3Si/c1-21(2,3)26-20(24)23-17-8-7-9-18(23)15-22(25,14-17)16-10-12-19(13-11-16)27(4,5)6/h10-13,17-18,25H,7-9,14-15H2,1-6H3. The van der Waals surface area contributed by atoms with Crippen molar-refractivity contribution in [1.82, 2.24) is 4.90 Å². The van der Waals surface area contributed by atoms with Gasteiger partial charge >= 0.3 is 6.09 Å². The first-order valence-electron chi connectivity index (χ1n) is 10.2. The molecule has 27 heavy (non-hydrogen) atoms. The van der Waals surface area contributed by atoms with E-state index in [1.165, 1.54) is 5.19 Å². The zero-order valence-electron chi connectivity index (χ0n) is 17.7. The number of fused-ring (bicyclic) bond motifs is 2. The molecule has 1 aromatic rings. The highest BCUT2D eigenvalue weighted by atomic mass is 28.3. The molecule has 2 unspecified atom stereocenters. The SMILES string of the molecule is CC(C)(C)OC(=O)N1C2CCCC1CC(O)(c1ccc([Si](C)(C)C)cc1)C2. The van der Waals surface area contributed by atoms with Gasteiger partial charge < -0.3 is 14.7 Å². The third-order valence-electron chi connectivity index (χ3n) is 5.90. The van der Waals surface area contributed by atoms with Gasteiger partial charge in [-0.3, -0.25) is 0 Å². The van der Waals surface area contributed by atoms with E-state index in [1.54, 1.807) is 0 Å². The Morgan fingerprint density at radius 1 is 1.11 bits per heavy atom. The Hall–Kier alpha value is -1.33. The molecule has 2 bridgehead atoms. The van der Waals surface area contributed by atoms with Crippen LogP contribution in [0.5, 0.6) is 0 Å². The van der Waals surface area contributed by atoms with Crippen molar-refractivity contribution >= 4 is 19.4 Å². The molecule has 150 valence electrons. The van der Waals surface area contributed by atoms with Crippen LogP contribution in [0, 0.1) is 0 Å². The Morgan fingerprint density at radius 2 is 1.63 bits per heavy atom. The second kappa shape index (κ2) is 6.93. The van der Waals surface area contributed by atoms with Crippen LogP contribution >= 0.6 is 0 Å². The molecule has 4 nitrogen and oxygen atoms in total. The number of piperidine rings is 2. The largest absolute Gasteiger partial charge is 0.444 e. The van der Waals surface area contributed by atoms with Gasteiger partial charge in [-0.25, -0.2) is 4.79 Å². The summed E-state index contributed by atoms with van der Waals surface area (Å²) in [6, 6.07) is 8.69. The maximum absolute atomic E-state index is 12.8. The van der Waals surface area contributed by atoms with Crippen LogP contribution in [0.25, 0.3) is 0 Å². The fourth-order valence-electron chi connectivity index (χ4n) is 4.56. The van der Waals surface area contributed by atoms with Gasteiger partial charge in [0, 0.05) is 24.9 Å². The Morgan fingerprint density at radius 3 is 2.07 bits per heavy atom. The first-order valence-corrected chi connectivity index (χ1v) is 13.7. The maximum Gasteiger partial charge on any atom is 0.410 e.